The maximum absolute atomic E-state index is 13.4. The summed E-state index contributed by atoms with van der Waals surface area (Å²) in [6.07, 6.45) is 5.69. The number of oxime groups is 2. The molecule has 0 unspecified atom stereocenters. The molecule has 0 radical (unpaired) electrons. The first-order chi connectivity index (χ1) is 24.8. The normalized spacial score (nSPS) is 17.8. The van der Waals surface area contributed by atoms with Crippen LogP contribution in [-0.4, -0.2) is 84.7 Å². The first-order valence-electron chi connectivity index (χ1n) is 15.6. The van der Waals surface area contributed by atoms with Gasteiger partial charge in [0, 0.05) is 41.1 Å². The van der Waals surface area contributed by atoms with Gasteiger partial charge in [0.05, 0.1) is 22.6 Å². The van der Waals surface area contributed by atoms with Crippen molar-refractivity contribution in [2.45, 2.75) is 44.0 Å². The third-order valence-electron chi connectivity index (χ3n) is 8.32. The van der Waals surface area contributed by atoms with Gasteiger partial charge in [0.25, 0.3) is 11.8 Å². The number of rotatable bonds is 13. The number of aliphatic carboxylic acids is 2. The molecule has 0 bridgehead atoms. The van der Waals surface area contributed by atoms with Gasteiger partial charge in [0.15, 0.2) is 35.6 Å². The number of carboxylic acid groups (broad SMARTS) is 2. The van der Waals surface area contributed by atoms with Gasteiger partial charge in [-0.15, -0.1) is 23.1 Å². The molecular weight excluding hydrogens is 715 g/mol. The number of aromatic nitrogens is 3. The van der Waals surface area contributed by atoms with Crippen molar-refractivity contribution in [2.24, 2.45) is 16.0 Å². The number of thiazole rings is 1. The molecule has 2 aliphatic rings. The molecule has 0 aliphatic carbocycles. The van der Waals surface area contributed by atoms with Crippen molar-refractivity contribution in [3.63, 3.8) is 0 Å². The minimum absolute atomic E-state index is 0.0106. The quantitative estimate of drug-likeness (QED) is 0.0463. The molecule has 2 amide bonds. The van der Waals surface area contributed by atoms with E-state index in [4.69, 9.17) is 21.1 Å². The van der Waals surface area contributed by atoms with E-state index >= 15 is 0 Å². The number of nitrogens with zero attached hydrogens (tertiary/aromatic N) is 6. The van der Waals surface area contributed by atoms with E-state index in [1.54, 1.807) is 0 Å². The lowest BCUT2D eigenvalue weighted by molar-refractivity contribution is -0.687. The van der Waals surface area contributed by atoms with E-state index in [9.17, 15) is 29.4 Å². The second-order valence-corrected chi connectivity index (χ2v) is 14.3. The van der Waals surface area contributed by atoms with E-state index < -0.39 is 46.5 Å². The summed E-state index contributed by atoms with van der Waals surface area (Å²) >= 11 is 2.30. The number of carbonyl (C=O) groups excluding carboxylic acids is 3. The molecule has 2 aliphatic heterocycles. The number of pyridine rings is 1. The second kappa shape index (κ2) is 14.3. The highest BCUT2D eigenvalue weighted by Crippen LogP contribution is 2.40. The van der Waals surface area contributed by atoms with Crippen LogP contribution in [0, 0.1) is 0 Å². The Balaban J connectivity index is 1.17. The van der Waals surface area contributed by atoms with Gasteiger partial charge in [0.1, 0.15) is 24.2 Å². The second-order valence-electron chi connectivity index (χ2n) is 12.3. The third-order valence-corrected chi connectivity index (χ3v) is 10.3. The minimum Gasteiger partial charge on any atom is -0.543 e. The summed E-state index contributed by atoms with van der Waals surface area (Å²) in [6.45, 7) is 3.26. The average Bonchev–Trinajstić information content (AvgIpc) is 3.72. The van der Waals surface area contributed by atoms with Crippen LogP contribution >= 0.6 is 23.1 Å². The number of amides is 2. The number of nitrogen functional groups attached to an aromatic ring is 1. The molecule has 17 nitrogen and oxygen atoms in total. The van der Waals surface area contributed by atoms with Gasteiger partial charge in [-0.05, 0) is 25.5 Å². The average molecular weight is 748 g/mol. The predicted molar refractivity (Wildman–Crippen MR) is 188 cm³/mol. The van der Waals surface area contributed by atoms with Crippen LogP contribution < -0.4 is 26.5 Å². The third kappa shape index (κ3) is 7.12. The predicted octanol–water partition coefficient (Wildman–Crippen LogP) is -0.0295. The summed E-state index contributed by atoms with van der Waals surface area (Å²) < 4.78 is 3.92. The van der Waals surface area contributed by atoms with Crippen molar-refractivity contribution in [1.82, 2.24) is 19.8 Å². The van der Waals surface area contributed by atoms with Gasteiger partial charge >= 0.3 is 5.97 Å². The Morgan fingerprint density at radius 3 is 2.60 bits per heavy atom. The van der Waals surface area contributed by atoms with Crippen molar-refractivity contribution < 1.29 is 43.6 Å². The number of β-lactam (4-membered cyclic amide) rings is 1. The summed E-state index contributed by atoms with van der Waals surface area (Å²) in [5, 5.41) is 33.6. The smallest absolute Gasteiger partial charge is 0.350 e. The highest BCUT2D eigenvalue weighted by molar-refractivity contribution is 8.00. The zero-order chi connectivity index (χ0) is 37.3. The van der Waals surface area contributed by atoms with Crippen molar-refractivity contribution in [2.75, 3.05) is 18.6 Å². The molecule has 0 saturated carbocycles. The lowest BCUT2D eigenvalue weighted by atomic mass is 10.0. The van der Waals surface area contributed by atoms with Gasteiger partial charge in [-0.25, -0.2) is 14.3 Å². The van der Waals surface area contributed by atoms with Crippen LogP contribution in [0.3, 0.4) is 0 Å². The monoisotopic (exact) mass is 747 g/mol. The number of nitrogens with two attached hydrogens (primary N) is 2. The Morgan fingerprint density at radius 1 is 1.19 bits per heavy atom. The van der Waals surface area contributed by atoms with Crippen LogP contribution in [0.2, 0.25) is 0 Å². The summed E-state index contributed by atoms with van der Waals surface area (Å²) in [4.78, 5) is 65.7. The first-order valence-corrected chi connectivity index (χ1v) is 17.5. The highest BCUT2D eigenvalue weighted by Gasteiger charge is 2.53. The van der Waals surface area contributed by atoms with Gasteiger partial charge in [-0.3, -0.25) is 14.5 Å². The molecule has 1 fully saturated rings. The number of fused-ring (bicyclic) bond motifs is 2. The lowest BCUT2D eigenvalue weighted by Gasteiger charge is -2.50. The van der Waals surface area contributed by atoms with Crippen molar-refractivity contribution in [3.8, 4) is 0 Å². The number of hydrogen-bond acceptors (Lipinski definition) is 13. The largest absolute Gasteiger partial charge is 0.543 e. The van der Waals surface area contributed by atoms with Crippen LogP contribution in [0.15, 0.2) is 82.0 Å². The highest BCUT2D eigenvalue weighted by atomic mass is 32.2. The molecule has 5 heterocycles. The fourth-order valence-electron chi connectivity index (χ4n) is 5.58. The van der Waals surface area contributed by atoms with E-state index in [0.717, 1.165) is 38.3 Å². The van der Waals surface area contributed by atoms with Crippen LogP contribution in [-0.2, 0) is 41.9 Å². The number of anilines is 1. The Labute approximate surface area is 304 Å². The Hall–Kier alpha value is -5.95. The molecule has 1 saturated heterocycles. The van der Waals surface area contributed by atoms with Gasteiger partial charge < -0.3 is 46.0 Å². The fraction of sp³-hybridized carbons (Fsp3) is 0.273. The minimum atomic E-state index is -1.78. The SMILES string of the molecule is CO/N=C(/N)c1ccc(Cn2ccc3c[n+](CC4=C(C(=O)[O-])N5C(=O)[C@@H](NC(=O)/C(=N\OC(C)(C)C(=O)O)c6csc(N)n6)[C@H]5SC4)ccc32)cc1. The van der Waals surface area contributed by atoms with Crippen molar-refractivity contribution in [1.29, 1.82) is 0 Å². The summed E-state index contributed by atoms with van der Waals surface area (Å²) in [6, 6.07) is 10.4. The molecular formula is C33H33N9O8S2. The van der Waals surface area contributed by atoms with Crippen LogP contribution in [0.1, 0.15) is 30.7 Å². The standard InChI is InChI=1S/C33H33N9O8S2/c1-33(2,31(47)48)50-38-23(21-16-52-32(35)36-21)27(43)37-24-28(44)42-25(30(45)46)20(15-51-29(24)42)14-40-10-9-22-19(13-40)8-11-41(22)12-17-4-6-18(7-5-17)26(34)39-49-3/h4-11,13,16,24,29H,12,14-15H2,1-3H3,(H6-,34,35,36,37,39,43,45,46,47,48)/b38-23-/t24-,29-/m1/s1. The molecule has 6 rings (SSSR count). The zero-order valence-electron chi connectivity index (χ0n) is 28.0. The maximum Gasteiger partial charge on any atom is 0.350 e. The molecule has 6 N–H and O–H groups in total. The molecule has 0 spiro atoms. The topological polar surface area (TPSA) is 244 Å². The maximum atomic E-state index is 13.4. The van der Waals surface area contributed by atoms with Crippen LogP contribution in [0.5, 0.6) is 0 Å². The molecule has 19 heteroatoms. The molecule has 1 aromatic carbocycles. The summed E-state index contributed by atoms with van der Waals surface area (Å²) in [5.74, 6) is -3.87. The van der Waals surface area contributed by atoms with Gasteiger partial charge in [-0.1, -0.05) is 34.6 Å². The number of nitrogens with one attached hydrogen (secondary N) is 1. The number of amidine groups is 1. The molecule has 52 heavy (non-hydrogen) atoms. The van der Waals surface area contributed by atoms with Crippen molar-refractivity contribution in [3.05, 3.63) is 88.5 Å². The number of thioether (sulfide) groups is 1. The van der Waals surface area contributed by atoms with E-state index in [2.05, 4.69) is 25.2 Å². The summed E-state index contributed by atoms with van der Waals surface area (Å²) in [7, 11) is 1.43. The van der Waals surface area contributed by atoms with E-state index in [1.165, 1.54) is 38.1 Å². The molecule has 4 aromatic rings. The van der Waals surface area contributed by atoms with Crippen LogP contribution in [0.25, 0.3) is 10.9 Å². The fourth-order valence-corrected chi connectivity index (χ4v) is 7.46. The van der Waals surface area contributed by atoms with Gasteiger partial charge in [-0.2, -0.15) is 0 Å². The van der Waals surface area contributed by atoms with Crippen molar-refractivity contribution >= 4 is 74.4 Å². The van der Waals surface area contributed by atoms with Crippen LogP contribution in [0.4, 0.5) is 5.13 Å². The Morgan fingerprint density at radius 2 is 1.94 bits per heavy atom. The Kier molecular flexibility index (Phi) is 9.90. The molecule has 3 aromatic heterocycles. The lowest BCUT2D eigenvalue weighted by Crippen LogP contribution is -2.71. The number of carboxylic acids is 2. The number of hydrogen-bond donors (Lipinski definition) is 4. The molecule has 2 atom stereocenters. The zero-order valence-corrected chi connectivity index (χ0v) is 29.6. The first kappa shape index (κ1) is 35.9. The Bertz CT molecular complexity index is 2170. The summed E-state index contributed by atoms with van der Waals surface area (Å²) in [5.41, 5.74) is 12.4. The van der Waals surface area contributed by atoms with Gasteiger partial charge in [0.2, 0.25) is 5.60 Å². The van der Waals surface area contributed by atoms with E-state index in [1.807, 2.05) is 59.6 Å². The molecule has 270 valence electrons. The number of carbonyl (C=O) groups is 4. The van der Waals surface area contributed by atoms with E-state index in [-0.39, 0.29) is 34.7 Å². The van der Waals surface area contributed by atoms with E-state index in [0.29, 0.717) is 12.1 Å². The number of benzene rings is 1.